The van der Waals surface area contributed by atoms with Crippen LogP contribution in [0.15, 0.2) is 30.3 Å². The van der Waals surface area contributed by atoms with Crippen molar-refractivity contribution in [2.75, 3.05) is 0 Å². The molecule has 2 atom stereocenters. The van der Waals surface area contributed by atoms with Crippen molar-refractivity contribution in [3.63, 3.8) is 0 Å². The molecule has 0 heterocycles. The third kappa shape index (κ3) is 2.61. The van der Waals surface area contributed by atoms with Crippen LogP contribution in [0.25, 0.3) is 0 Å². The molecule has 0 saturated heterocycles. The second kappa shape index (κ2) is 5.12. The number of hydrogen-bond acceptors (Lipinski definition) is 2. The largest absolute Gasteiger partial charge is 0.368 e. The smallest absolute Gasteiger partial charge is 0.242 e. The van der Waals surface area contributed by atoms with Crippen molar-refractivity contribution >= 4 is 5.91 Å². The molecule has 3 heteroatoms. The number of rotatable bonds is 5. The van der Waals surface area contributed by atoms with Crippen LogP contribution < -0.4 is 11.1 Å². The van der Waals surface area contributed by atoms with Crippen LogP contribution in [0.2, 0.25) is 0 Å². The lowest BCUT2D eigenvalue weighted by Gasteiger charge is -2.31. The van der Waals surface area contributed by atoms with E-state index < -0.39 is 5.54 Å². The zero-order chi connectivity index (χ0) is 12.2. The average molecular weight is 220 g/mol. The third-order valence-electron chi connectivity index (χ3n) is 2.99. The van der Waals surface area contributed by atoms with Crippen LogP contribution in [-0.2, 0) is 10.3 Å². The predicted molar refractivity (Wildman–Crippen MR) is 65.9 cm³/mol. The molecule has 2 unspecified atom stereocenters. The maximum Gasteiger partial charge on any atom is 0.242 e. The van der Waals surface area contributed by atoms with Crippen molar-refractivity contribution < 1.29 is 4.79 Å². The fourth-order valence-electron chi connectivity index (χ4n) is 1.66. The molecule has 88 valence electrons. The number of amides is 1. The zero-order valence-corrected chi connectivity index (χ0v) is 10.2. The highest BCUT2D eigenvalue weighted by Gasteiger charge is 2.33. The average Bonchev–Trinajstić information content (AvgIpc) is 2.29. The van der Waals surface area contributed by atoms with Crippen molar-refractivity contribution in [1.29, 1.82) is 0 Å². The summed E-state index contributed by atoms with van der Waals surface area (Å²) >= 11 is 0. The maximum atomic E-state index is 11.6. The summed E-state index contributed by atoms with van der Waals surface area (Å²) in [6, 6.07) is 9.83. The quantitative estimate of drug-likeness (QED) is 0.794. The molecule has 1 aromatic carbocycles. The molecule has 0 radical (unpaired) electrons. The van der Waals surface area contributed by atoms with Crippen molar-refractivity contribution in [2.24, 2.45) is 5.73 Å². The van der Waals surface area contributed by atoms with E-state index in [1.165, 1.54) is 0 Å². The van der Waals surface area contributed by atoms with Gasteiger partial charge in [0.05, 0.1) is 0 Å². The van der Waals surface area contributed by atoms with E-state index in [-0.39, 0.29) is 11.9 Å². The Balaban J connectivity index is 3.02. The van der Waals surface area contributed by atoms with Gasteiger partial charge in [0.1, 0.15) is 5.54 Å². The molecule has 0 aromatic heterocycles. The number of carbonyl (C=O) groups excluding carboxylic acids is 1. The molecule has 3 nitrogen and oxygen atoms in total. The van der Waals surface area contributed by atoms with Crippen LogP contribution in [0.4, 0.5) is 0 Å². The van der Waals surface area contributed by atoms with Crippen molar-refractivity contribution in [3.8, 4) is 0 Å². The van der Waals surface area contributed by atoms with Gasteiger partial charge in [-0.05, 0) is 25.8 Å². The lowest BCUT2D eigenvalue weighted by molar-refractivity contribution is -0.124. The van der Waals surface area contributed by atoms with Gasteiger partial charge in [-0.3, -0.25) is 10.1 Å². The van der Waals surface area contributed by atoms with Crippen molar-refractivity contribution in [2.45, 2.75) is 38.8 Å². The van der Waals surface area contributed by atoms with Gasteiger partial charge in [0, 0.05) is 6.04 Å². The molecule has 3 N–H and O–H groups in total. The van der Waals surface area contributed by atoms with Crippen LogP contribution in [0.3, 0.4) is 0 Å². The summed E-state index contributed by atoms with van der Waals surface area (Å²) in [5.74, 6) is -0.348. The number of hydrogen-bond donors (Lipinski definition) is 2. The van der Waals surface area contributed by atoms with Gasteiger partial charge in [0.2, 0.25) is 5.91 Å². The van der Waals surface area contributed by atoms with Gasteiger partial charge in [-0.2, -0.15) is 0 Å². The number of primary amides is 1. The summed E-state index contributed by atoms with van der Waals surface area (Å²) in [4.78, 5) is 11.6. The van der Waals surface area contributed by atoms with E-state index in [1.54, 1.807) is 0 Å². The normalized spacial score (nSPS) is 16.4. The van der Waals surface area contributed by atoms with E-state index in [0.717, 1.165) is 12.0 Å². The molecule has 0 spiro atoms. The molecule has 0 aliphatic heterocycles. The fourth-order valence-corrected chi connectivity index (χ4v) is 1.66. The van der Waals surface area contributed by atoms with Crippen molar-refractivity contribution in [3.05, 3.63) is 35.9 Å². The summed E-state index contributed by atoms with van der Waals surface area (Å²) in [5.41, 5.74) is 5.61. The molecule has 1 amide bonds. The monoisotopic (exact) mass is 220 g/mol. The molecule has 1 rings (SSSR count). The Morgan fingerprint density at radius 3 is 2.44 bits per heavy atom. The lowest BCUT2D eigenvalue weighted by Crippen LogP contribution is -2.53. The minimum absolute atomic E-state index is 0.248. The van der Waals surface area contributed by atoms with Gasteiger partial charge >= 0.3 is 0 Å². The van der Waals surface area contributed by atoms with Gasteiger partial charge in [0.25, 0.3) is 0 Å². The Labute approximate surface area is 97.0 Å². The molecule has 0 fully saturated rings. The third-order valence-corrected chi connectivity index (χ3v) is 2.99. The van der Waals surface area contributed by atoms with E-state index in [0.29, 0.717) is 0 Å². The summed E-state index contributed by atoms with van der Waals surface area (Å²) < 4.78 is 0. The minimum atomic E-state index is -0.795. The van der Waals surface area contributed by atoms with E-state index in [4.69, 9.17) is 5.73 Å². The van der Waals surface area contributed by atoms with Crippen LogP contribution in [0, 0.1) is 0 Å². The standard InChI is InChI=1S/C13H20N2O/c1-4-10(2)15-13(3,12(14)16)11-8-6-5-7-9-11/h5-10,15H,4H2,1-3H3,(H2,14,16). The molecule has 0 saturated carbocycles. The topological polar surface area (TPSA) is 55.1 Å². The van der Waals surface area contributed by atoms with Gasteiger partial charge in [-0.1, -0.05) is 37.3 Å². The first-order chi connectivity index (χ1) is 7.50. The van der Waals surface area contributed by atoms with Crippen LogP contribution >= 0.6 is 0 Å². The molecular weight excluding hydrogens is 200 g/mol. The summed E-state index contributed by atoms with van der Waals surface area (Å²) in [6.45, 7) is 5.95. The second-order valence-electron chi connectivity index (χ2n) is 4.31. The highest BCUT2D eigenvalue weighted by Crippen LogP contribution is 2.21. The lowest BCUT2D eigenvalue weighted by atomic mass is 9.90. The van der Waals surface area contributed by atoms with Crippen LogP contribution in [-0.4, -0.2) is 11.9 Å². The van der Waals surface area contributed by atoms with E-state index >= 15 is 0 Å². The number of nitrogens with one attached hydrogen (secondary N) is 1. The Hall–Kier alpha value is -1.35. The van der Waals surface area contributed by atoms with E-state index in [2.05, 4.69) is 12.2 Å². The molecule has 1 aromatic rings. The number of carbonyl (C=O) groups is 1. The molecular formula is C13H20N2O. The highest BCUT2D eigenvalue weighted by molar-refractivity contribution is 5.85. The number of benzene rings is 1. The van der Waals surface area contributed by atoms with Gasteiger partial charge < -0.3 is 5.73 Å². The molecule has 0 aliphatic rings. The molecule has 0 aliphatic carbocycles. The zero-order valence-electron chi connectivity index (χ0n) is 10.2. The van der Waals surface area contributed by atoms with E-state index in [1.807, 2.05) is 44.2 Å². The molecule has 16 heavy (non-hydrogen) atoms. The van der Waals surface area contributed by atoms with E-state index in [9.17, 15) is 4.79 Å². The summed E-state index contributed by atoms with van der Waals surface area (Å²) in [6.07, 6.45) is 0.954. The first kappa shape index (κ1) is 12.7. The Bertz CT molecular complexity index is 350. The van der Waals surface area contributed by atoms with Crippen LogP contribution in [0.1, 0.15) is 32.8 Å². The van der Waals surface area contributed by atoms with Crippen molar-refractivity contribution in [1.82, 2.24) is 5.32 Å². The second-order valence-corrected chi connectivity index (χ2v) is 4.31. The summed E-state index contributed by atoms with van der Waals surface area (Å²) in [7, 11) is 0. The first-order valence-corrected chi connectivity index (χ1v) is 5.63. The summed E-state index contributed by atoms with van der Waals surface area (Å²) in [5, 5.41) is 3.28. The van der Waals surface area contributed by atoms with Gasteiger partial charge in [-0.15, -0.1) is 0 Å². The fraction of sp³-hybridized carbons (Fsp3) is 0.462. The Morgan fingerprint density at radius 2 is 2.00 bits per heavy atom. The highest BCUT2D eigenvalue weighted by atomic mass is 16.1. The Morgan fingerprint density at radius 1 is 1.44 bits per heavy atom. The van der Waals surface area contributed by atoms with Gasteiger partial charge in [0.15, 0.2) is 0 Å². The Kier molecular flexibility index (Phi) is 4.07. The molecule has 0 bridgehead atoms. The SMILES string of the molecule is CCC(C)NC(C)(C(N)=O)c1ccccc1. The minimum Gasteiger partial charge on any atom is -0.368 e. The predicted octanol–water partition coefficient (Wildman–Crippen LogP) is 1.78. The number of nitrogens with two attached hydrogens (primary N) is 1. The van der Waals surface area contributed by atoms with Gasteiger partial charge in [-0.25, -0.2) is 0 Å². The van der Waals surface area contributed by atoms with Crippen LogP contribution in [0.5, 0.6) is 0 Å². The first-order valence-electron chi connectivity index (χ1n) is 5.63. The maximum absolute atomic E-state index is 11.6.